The number of rotatable bonds is 2. The van der Waals surface area contributed by atoms with Crippen molar-refractivity contribution in [3.8, 4) is 0 Å². The van der Waals surface area contributed by atoms with E-state index in [4.69, 9.17) is 5.11 Å². The molecule has 0 bridgehead atoms. The van der Waals surface area contributed by atoms with Gasteiger partial charge in [0.2, 0.25) is 0 Å². The van der Waals surface area contributed by atoms with Gasteiger partial charge in [-0.2, -0.15) is 0 Å². The zero-order valence-electron chi connectivity index (χ0n) is 9.12. The molecule has 2 aromatic heterocycles. The van der Waals surface area contributed by atoms with Crippen LogP contribution < -0.4 is 51.4 Å². The van der Waals surface area contributed by atoms with Crippen molar-refractivity contribution in [3.05, 3.63) is 28.6 Å². The number of hydrogen-bond donors (Lipinski definition) is 2. The molecule has 0 aromatic carbocycles. The second-order valence-electron chi connectivity index (χ2n) is 2.91. The van der Waals surface area contributed by atoms with Gasteiger partial charge in [0.05, 0.1) is 11.9 Å². The summed E-state index contributed by atoms with van der Waals surface area (Å²) in [6.45, 7) is 0. The number of carbonyl (C=O) groups is 1. The van der Waals surface area contributed by atoms with Crippen molar-refractivity contribution < 1.29 is 62.7 Å². The zero-order chi connectivity index (χ0) is 10.1. The second kappa shape index (κ2) is 5.56. The summed E-state index contributed by atoms with van der Waals surface area (Å²) < 4.78 is 0.701. The fraction of sp³-hybridized carbons (Fsp3) is 0.111. The molecule has 0 fully saturated rings. The van der Waals surface area contributed by atoms with Gasteiger partial charge in [-0.05, 0) is 27.6 Å². The Bertz CT molecular complexity index is 503. The van der Waals surface area contributed by atoms with E-state index in [1.54, 1.807) is 18.5 Å². The molecular formula is C9H8BrKN2O2. The number of halogens is 1. The van der Waals surface area contributed by atoms with Crippen molar-refractivity contribution in [1.82, 2.24) is 9.97 Å². The molecule has 2 N–H and O–H groups in total. The molecular weight excluding hydrogens is 287 g/mol. The molecule has 2 heterocycles. The van der Waals surface area contributed by atoms with E-state index in [0.717, 1.165) is 16.5 Å². The van der Waals surface area contributed by atoms with Crippen LogP contribution in [0.4, 0.5) is 0 Å². The predicted octanol–water partition coefficient (Wildman–Crippen LogP) is -0.931. The number of nitrogens with one attached hydrogen (secondary N) is 1. The van der Waals surface area contributed by atoms with E-state index in [1.165, 1.54) is 0 Å². The third kappa shape index (κ3) is 2.89. The summed E-state index contributed by atoms with van der Waals surface area (Å²) in [5.74, 6) is -0.834. The third-order valence-corrected chi connectivity index (χ3v) is 2.58. The van der Waals surface area contributed by atoms with Gasteiger partial charge in [-0.3, -0.25) is 4.79 Å². The van der Waals surface area contributed by atoms with E-state index in [9.17, 15) is 4.79 Å². The molecule has 0 amide bonds. The summed E-state index contributed by atoms with van der Waals surface area (Å²) in [5.41, 5.74) is 1.61. The van der Waals surface area contributed by atoms with Crippen molar-refractivity contribution in [1.29, 1.82) is 0 Å². The number of pyridine rings is 1. The number of H-pyrrole nitrogens is 1. The van der Waals surface area contributed by atoms with Crippen LogP contribution in [0.25, 0.3) is 10.9 Å². The van der Waals surface area contributed by atoms with Crippen molar-refractivity contribution in [2.75, 3.05) is 0 Å². The van der Waals surface area contributed by atoms with Gasteiger partial charge in [-0.25, -0.2) is 4.98 Å². The molecule has 15 heavy (non-hydrogen) atoms. The van der Waals surface area contributed by atoms with Gasteiger partial charge in [0.25, 0.3) is 0 Å². The standard InChI is InChI=1S/C9H7BrN2O2.K.H/c10-9-8-6(1-2-11-9)5(4-12-8)3-7(13)14;;/h1-2,4,12H,3H2,(H,13,14);;/q;+1;-1. The van der Waals surface area contributed by atoms with Crippen LogP contribution in [0.1, 0.15) is 6.99 Å². The average Bonchev–Trinajstić information content (AvgIpc) is 2.49. The van der Waals surface area contributed by atoms with Gasteiger partial charge >= 0.3 is 57.4 Å². The van der Waals surface area contributed by atoms with Crippen LogP contribution in [0, 0.1) is 0 Å². The number of hydrogen-bond acceptors (Lipinski definition) is 2. The smallest absolute Gasteiger partial charge is 1.00 e. The van der Waals surface area contributed by atoms with Gasteiger partial charge in [-0.1, -0.05) is 0 Å². The Morgan fingerprint density at radius 3 is 3.07 bits per heavy atom. The Balaban J connectivity index is 0.00000112. The Hall–Kier alpha value is 0.276. The molecule has 4 nitrogen and oxygen atoms in total. The van der Waals surface area contributed by atoms with Crippen LogP contribution in [0.3, 0.4) is 0 Å². The SMILES string of the molecule is O=C(O)Cc1c[nH]c2c(Br)nccc12.[H-].[K+]. The Morgan fingerprint density at radius 2 is 2.40 bits per heavy atom. The summed E-state index contributed by atoms with van der Waals surface area (Å²) in [5, 5.41) is 9.57. The minimum Gasteiger partial charge on any atom is -1.00 e. The second-order valence-corrected chi connectivity index (χ2v) is 3.66. The zero-order valence-corrected chi connectivity index (χ0v) is 12.8. The third-order valence-electron chi connectivity index (χ3n) is 1.98. The largest absolute Gasteiger partial charge is 1.00 e. The normalized spacial score (nSPS) is 9.93. The molecule has 0 aliphatic rings. The van der Waals surface area contributed by atoms with E-state index in [-0.39, 0.29) is 59.2 Å². The number of aromatic nitrogens is 2. The predicted molar refractivity (Wildman–Crippen MR) is 56.2 cm³/mol. The Kier molecular flexibility index (Phi) is 4.94. The number of aliphatic carboxylic acids is 1. The van der Waals surface area contributed by atoms with Crippen molar-refractivity contribution in [2.45, 2.75) is 6.42 Å². The molecule has 0 saturated heterocycles. The maximum atomic E-state index is 10.6. The van der Waals surface area contributed by atoms with E-state index in [0.29, 0.717) is 4.60 Å². The summed E-state index contributed by atoms with van der Waals surface area (Å²) in [4.78, 5) is 17.6. The van der Waals surface area contributed by atoms with Crippen LogP contribution in [0.5, 0.6) is 0 Å². The fourth-order valence-corrected chi connectivity index (χ4v) is 1.83. The molecule has 0 radical (unpaired) electrons. The number of fused-ring (bicyclic) bond motifs is 1. The maximum Gasteiger partial charge on any atom is 1.00 e. The first-order valence-corrected chi connectivity index (χ1v) is 4.80. The molecule has 0 aliphatic carbocycles. The minimum absolute atomic E-state index is 0. The maximum absolute atomic E-state index is 10.6. The molecule has 0 aliphatic heterocycles. The molecule has 74 valence electrons. The molecule has 0 spiro atoms. The molecule has 0 saturated carbocycles. The Labute approximate surface area is 139 Å². The van der Waals surface area contributed by atoms with Crippen LogP contribution in [0.2, 0.25) is 0 Å². The number of carboxylic acids is 1. The summed E-state index contributed by atoms with van der Waals surface area (Å²) >= 11 is 3.29. The van der Waals surface area contributed by atoms with Crippen molar-refractivity contribution in [2.24, 2.45) is 0 Å². The quantitative estimate of drug-likeness (QED) is 0.556. The summed E-state index contributed by atoms with van der Waals surface area (Å²) in [7, 11) is 0. The van der Waals surface area contributed by atoms with E-state index < -0.39 is 5.97 Å². The number of aromatic amines is 1. The first-order valence-electron chi connectivity index (χ1n) is 4.00. The monoisotopic (exact) mass is 294 g/mol. The van der Waals surface area contributed by atoms with E-state index >= 15 is 0 Å². The van der Waals surface area contributed by atoms with Crippen LogP contribution in [0.15, 0.2) is 23.1 Å². The van der Waals surface area contributed by atoms with Crippen LogP contribution in [-0.4, -0.2) is 21.0 Å². The summed E-state index contributed by atoms with van der Waals surface area (Å²) in [6.07, 6.45) is 3.37. The van der Waals surface area contributed by atoms with Crippen molar-refractivity contribution >= 4 is 32.8 Å². The number of carboxylic acid groups (broad SMARTS) is 1. The first kappa shape index (κ1) is 13.3. The topological polar surface area (TPSA) is 66.0 Å². The van der Waals surface area contributed by atoms with Crippen molar-refractivity contribution in [3.63, 3.8) is 0 Å². The number of nitrogens with zero attached hydrogens (tertiary/aromatic N) is 1. The fourth-order valence-electron chi connectivity index (χ4n) is 1.39. The van der Waals surface area contributed by atoms with Gasteiger partial charge in [-0.15, -0.1) is 0 Å². The van der Waals surface area contributed by atoms with Crippen LogP contribution >= 0.6 is 15.9 Å². The summed E-state index contributed by atoms with van der Waals surface area (Å²) in [6, 6.07) is 1.80. The average molecular weight is 295 g/mol. The van der Waals surface area contributed by atoms with Gasteiger partial charge < -0.3 is 11.5 Å². The van der Waals surface area contributed by atoms with E-state index in [2.05, 4.69) is 25.9 Å². The van der Waals surface area contributed by atoms with E-state index in [1.807, 2.05) is 0 Å². The van der Waals surface area contributed by atoms with Crippen LogP contribution in [-0.2, 0) is 11.2 Å². The first-order chi connectivity index (χ1) is 6.68. The molecule has 0 atom stereocenters. The van der Waals surface area contributed by atoms with Gasteiger partial charge in [0.1, 0.15) is 4.60 Å². The molecule has 2 aromatic rings. The Morgan fingerprint density at radius 1 is 1.67 bits per heavy atom. The molecule has 6 heteroatoms. The minimum atomic E-state index is -0.834. The van der Waals surface area contributed by atoms with Gasteiger partial charge in [0.15, 0.2) is 0 Å². The van der Waals surface area contributed by atoms with Gasteiger partial charge in [0, 0.05) is 17.8 Å². The molecule has 0 unspecified atom stereocenters. The molecule has 2 rings (SSSR count).